The van der Waals surface area contributed by atoms with Gasteiger partial charge in [-0.3, -0.25) is 0 Å². The van der Waals surface area contributed by atoms with Crippen LogP contribution in [0.2, 0.25) is 0 Å². The first kappa shape index (κ1) is 32.0. The molecule has 0 bridgehead atoms. The van der Waals surface area contributed by atoms with Crippen molar-refractivity contribution < 1.29 is 26.2 Å². The van der Waals surface area contributed by atoms with Gasteiger partial charge in [-0.1, -0.05) is 135 Å². The minimum Gasteiger partial charge on any atom is -0.0885 e. The van der Waals surface area contributed by atoms with E-state index in [0.29, 0.717) is 11.8 Å². The molecule has 0 saturated carbocycles. The average Bonchev–Trinajstić information content (AvgIpc) is 3.57. The molecular weight excluding hydrogens is 584 g/mol. The van der Waals surface area contributed by atoms with Crippen LogP contribution in [0.25, 0.3) is 11.1 Å². The maximum Gasteiger partial charge on any atom is 0.0199 e. The van der Waals surface area contributed by atoms with E-state index in [1.54, 1.807) is 22.3 Å². The van der Waals surface area contributed by atoms with Crippen molar-refractivity contribution >= 4 is 0 Å². The van der Waals surface area contributed by atoms with Gasteiger partial charge >= 0.3 is 0 Å². The van der Waals surface area contributed by atoms with E-state index in [2.05, 4.69) is 124 Å². The average molecular weight is 638 g/mol. The number of hydrogen-bond acceptors (Lipinski definition) is 0. The summed E-state index contributed by atoms with van der Waals surface area (Å²) in [5.74, 6) is 1.90. The summed E-state index contributed by atoms with van der Waals surface area (Å²) < 4.78 is 0. The van der Waals surface area contributed by atoms with Gasteiger partial charge in [0.15, 0.2) is 0 Å². The molecule has 1 heteroatoms. The number of fused-ring (bicyclic) bond motifs is 3. The summed E-state index contributed by atoms with van der Waals surface area (Å²) in [6.45, 7) is 24.0. The van der Waals surface area contributed by atoms with E-state index in [1.165, 1.54) is 60.8 Å². The maximum atomic E-state index is 2.72. The quantitative estimate of drug-likeness (QED) is 0.294. The Balaban J connectivity index is 0.00000353. The number of benzene rings is 2. The van der Waals surface area contributed by atoms with Crippen LogP contribution in [0.15, 0.2) is 71.3 Å². The Kier molecular flexibility index (Phi) is 8.26. The van der Waals surface area contributed by atoms with Gasteiger partial charge in [0.25, 0.3) is 0 Å². The summed E-state index contributed by atoms with van der Waals surface area (Å²) in [7, 11) is 0. The molecule has 2 aromatic rings. The minimum absolute atomic E-state index is 0. The Bertz CT molecular complexity index is 1390. The molecule has 0 saturated heterocycles. The van der Waals surface area contributed by atoms with Gasteiger partial charge in [-0.05, 0) is 106 Å². The summed E-state index contributed by atoms with van der Waals surface area (Å²) in [5, 5.41) is 0. The molecule has 6 rings (SSSR count). The second-order valence-corrected chi connectivity index (χ2v) is 16.9. The molecule has 0 amide bonds. The van der Waals surface area contributed by atoms with Gasteiger partial charge in [0.2, 0.25) is 0 Å². The van der Waals surface area contributed by atoms with Crippen LogP contribution in [-0.2, 0) is 37.0 Å². The fourth-order valence-electron chi connectivity index (χ4n) is 8.76. The molecule has 0 radical (unpaired) electrons. The first-order valence-electron chi connectivity index (χ1n) is 16.5. The Morgan fingerprint density at radius 3 is 1.79 bits per heavy atom. The topological polar surface area (TPSA) is 0 Å². The van der Waals surface area contributed by atoms with Gasteiger partial charge in [0.1, 0.15) is 0 Å². The molecule has 4 aliphatic carbocycles. The van der Waals surface area contributed by atoms with Gasteiger partial charge in [0, 0.05) is 37.5 Å². The van der Waals surface area contributed by atoms with Crippen molar-refractivity contribution in [3.63, 3.8) is 0 Å². The molecule has 0 aromatic heterocycles. The van der Waals surface area contributed by atoms with Crippen molar-refractivity contribution in [1.82, 2.24) is 0 Å². The van der Waals surface area contributed by atoms with E-state index in [-0.39, 0.29) is 47.9 Å². The fourth-order valence-corrected chi connectivity index (χ4v) is 8.76. The zero-order valence-electron chi connectivity index (χ0n) is 28.2. The molecular formula is C41H54Zr. The van der Waals surface area contributed by atoms with Crippen LogP contribution in [0.5, 0.6) is 0 Å². The summed E-state index contributed by atoms with van der Waals surface area (Å²) in [5.41, 5.74) is 14.9. The zero-order valence-corrected chi connectivity index (χ0v) is 30.6. The summed E-state index contributed by atoms with van der Waals surface area (Å²) in [4.78, 5) is 0. The van der Waals surface area contributed by atoms with Gasteiger partial charge in [-0.25, -0.2) is 0 Å². The Morgan fingerprint density at radius 1 is 0.762 bits per heavy atom. The van der Waals surface area contributed by atoms with Crippen LogP contribution in [0.4, 0.5) is 0 Å². The van der Waals surface area contributed by atoms with Gasteiger partial charge in [-0.15, -0.1) is 0 Å². The predicted molar refractivity (Wildman–Crippen MR) is 178 cm³/mol. The van der Waals surface area contributed by atoms with Crippen molar-refractivity contribution in [3.8, 4) is 11.1 Å². The standard InChI is InChI=1S/C41H54.Zr/c1-11-41(25-35(26-15-13-12-14-16-26)32-23-29(24-36(32)41)40(8,9)10)37-33-21-27(38(2,3)4)17-19-30(33)31-20-18-28(22-34(31)37)39(5,6)7;/h12-13,17-22,24,26,35,37H,11,14-16,23,25H2,1-10H3;. The van der Waals surface area contributed by atoms with Crippen molar-refractivity contribution in [1.29, 1.82) is 0 Å². The zero-order chi connectivity index (χ0) is 29.5. The second-order valence-electron chi connectivity index (χ2n) is 16.9. The van der Waals surface area contributed by atoms with Crippen LogP contribution < -0.4 is 0 Å². The first-order chi connectivity index (χ1) is 19.1. The Morgan fingerprint density at radius 2 is 1.33 bits per heavy atom. The molecule has 0 N–H and O–H groups in total. The van der Waals surface area contributed by atoms with Crippen molar-refractivity contribution in [2.45, 2.75) is 125 Å². The molecule has 0 nitrogen and oxygen atoms in total. The molecule has 0 aliphatic heterocycles. The van der Waals surface area contributed by atoms with Crippen LogP contribution in [0.3, 0.4) is 0 Å². The van der Waals surface area contributed by atoms with E-state index in [0.717, 1.165) is 5.92 Å². The van der Waals surface area contributed by atoms with Crippen molar-refractivity contribution in [2.75, 3.05) is 0 Å². The third-order valence-corrected chi connectivity index (χ3v) is 11.4. The number of allylic oxidation sites excluding steroid dienone is 6. The molecule has 0 fully saturated rings. The Labute approximate surface area is 276 Å². The van der Waals surface area contributed by atoms with E-state index < -0.39 is 0 Å². The molecule has 222 valence electrons. The third-order valence-electron chi connectivity index (χ3n) is 11.4. The van der Waals surface area contributed by atoms with Crippen molar-refractivity contribution in [2.24, 2.45) is 22.7 Å². The van der Waals surface area contributed by atoms with E-state index >= 15 is 0 Å². The van der Waals surface area contributed by atoms with Crippen LogP contribution in [0, 0.1) is 22.7 Å². The van der Waals surface area contributed by atoms with E-state index in [1.807, 2.05) is 5.57 Å². The summed E-state index contributed by atoms with van der Waals surface area (Å²) in [6.07, 6.45) is 15.2. The van der Waals surface area contributed by atoms with Crippen molar-refractivity contribution in [3.05, 3.63) is 93.6 Å². The monoisotopic (exact) mass is 636 g/mol. The predicted octanol–water partition coefficient (Wildman–Crippen LogP) is 11.8. The minimum atomic E-state index is 0. The first-order valence-corrected chi connectivity index (χ1v) is 16.5. The fraction of sp³-hybridized carbons (Fsp3) is 0.561. The summed E-state index contributed by atoms with van der Waals surface area (Å²) in [6, 6.07) is 15.0. The van der Waals surface area contributed by atoms with E-state index in [4.69, 9.17) is 0 Å². The SMILES string of the molecule is CCC1(C2c3cc(C(C)(C)C)ccc3-c3ccc(C(C)(C)C)cc32)CC(C2CC=CCC2)C2=C1C=C(C(C)(C)C)C2.[Zr]. The molecule has 42 heavy (non-hydrogen) atoms. The van der Waals surface area contributed by atoms with Gasteiger partial charge in [0.05, 0.1) is 0 Å². The summed E-state index contributed by atoms with van der Waals surface area (Å²) >= 11 is 0. The third kappa shape index (κ3) is 5.17. The molecule has 4 aliphatic rings. The van der Waals surface area contributed by atoms with Gasteiger partial charge in [-0.2, -0.15) is 0 Å². The van der Waals surface area contributed by atoms with Crippen LogP contribution in [-0.4, -0.2) is 0 Å². The van der Waals surface area contributed by atoms with Gasteiger partial charge < -0.3 is 0 Å². The Hall–Kier alpha value is -1.46. The number of rotatable bonds is 3. The molecule has 3 unspecified atom stereocenters. The largest absolute Gasteiger partial charge is 0.0885 e. The molecule has 3 atom stereocenters. The number of hydrogen-bond donors (Lipinski definition) is 0. The normalized spacial score (nSPS) is 25.7. The second kappa shape index (κ2) is 10.9. The smallest absolute Gasteiger partial charge is 0.0199 e. The molecule has 0 spiro atoms. The maximum absolute atomic E-state index is 2.72. The van der Waals surface area contributed by atoms with Crippen LogP contribution in [0.1, 0.15) is 136 Å². The molecule has 0 heterocycles. The van der Waals surface area contributed by atoms with E-state index in [9.17, 15) is 0 Å². The molecule has 2 aromatic carbocycles. The van der Waals surface area contributed by atoms with Crippen LogP contribution >= 0.6 is 0 Å².